The largest absolute Gasteiger partial charge is 0.493 e. The van der Waals surface area contributed by atoms with Gasteiger partial charge in [0.2, 0.25) is 5.75 Å². The minimum absolute atomic E-state index is 0.144. The number of benzene rings is 2. The van der Waals surface area contributed by atoms with Crippen molar-refractivity contribution in [2.24, 2.45) is 0 Å². The lowest BCUT2D eigenvalue weighted by molar-refractivity contribution is -0.145. The third-order valence-corrected chi connectivity index (χ3v) is 5.17. The van der Waals surface area contributed by atoms with Gasteiger partial charge in [0.25, 0.3) is 5.91 Å². The van der Waals surface area contributed by atoms with E-state index in [-0.39, 0.29) is 18.9 Å². The van der Waals surface area contributed by atoms with Crippen LogP contribution < -0.4 is 19.5 Å². The number of thioether (sulfide) groups is 1. The van der Waals surface area contributed by atoms with Crippen LogP contribution in [0.4, 0.5) is 0 Å². The molecule has 0 saturated heterocycles. The van der Waals surface area contributed by atoms with Crippen molar-refractivity contribution in [3.8, 4) is 17.2 Å². The van der Waals surface area contributed by atoms with E-state index >= 15 is 0 Å². The number of esters is 1. The second-order valence-corrected chi connectivity index (χ2v) is 7.04. The summed E-state index contributed by atoms with van der Waals surface area (Å²) in [6.07, 6.45) is 0. The van der Waals surface area contributed by atoms with E-state index in [0.29, 0.717) is 17.2 Å². The average molecular weight is 419 g/mol. The van der Waals surface area contributed by atoms with E-state index in [9.17, 15) is 9.59 Å². The Morgan fingerprint density at radius 2 is 1.66 bits per heavy atom. The predicted octanol–water partition coefficient (Wildman–Crippen LogP) is 2.97. The van der Waals surface area contributed by atoms with Crippen LogP contribution >= 0.6 is 11.8 Å². The van der Waals surface area contributed by atoms with Crippen molar-refractivity contribution in [3.63, 3.8) is 0 Å². The molecule has 0 unspecified atom stereocenters. The maximum atomic E-state index is 12.0. The number of carbonyl (C=O) groups is 2. The SMILES string of the molecule is COc1cc(CNC(=O)COC(=O)CSc2ccccc2C)cc(OC)c1OC. The van der Waals surface area contributed by atoms with Crippen molar-refractivity contribution in [1.29, 1.82) is 0 Å². The molecule has 0 aromatic heterocycles. The van der Waals surface area contributed by atoms with Crippen LogP contribution in [-0.4, -0.2) is 45.6 Å². The van der Waals surface area contributed by atoms with Gasteiger partial charge in [-0.15, -0.1) is 11.8 Å². The Bertz CT molecular complexity index is 830. The second kappa shape index (κ2) is 11.2. The number of carbonyl (C=O) groups excluding carboxylic acids is 2. The van der Waals surface area contributed by atoms with Gasteiger partial charge in [-0.1, -0.05) is 18.2 Å². The van der Waals surface area contributed by atoms with Gasteiger partial charge in [0.05, 0.1) is 27.1 Å². The molecule has 0 aliphatic heterocycles. The lowest BCUT2D eigenvalue weighted by Crippen LogP contribution is -2.28. The smallest absolute Gasteiger partial charge is 0.316 e. The zero-order valence-electron chi connectivity index (χ0n) is 16.9. The molecule has 0 heterocycles. The molecule has 0 aliphatic carbocycles. The maximum absolute atomic E-state index is 12.0. The summed E-state index contributed by atoms with van der Waals surface area (Å²) in [6.45, 7) is 1.87. The fourth-order valence-electron chi connectivity index (χ4n) is 2.53. The molecule has 0 atom stereocenters. The van der Waals surface area contributed by atoms with Gasteiger partial charge in [0.1, 0.15) is 0 Å². The van der Waals surface area contributed by atoms with Crippen molar-refractivity contribution in [1.82, 2.24) is 5.32 Å². The highest BCUT2D eigenvalue weighted by Gasteiger charge is 2.14. The van der Waals surface area contributed by atoms with Gasteiger partial charge in [-0.05, 0) is 36.2 Å². The van der Waals surface area contributed by atoms with Gasteiger partial charge in [0, 0.05) is 11.4 Å². The third kappa shape index (κ3) is 6.60. The van der Waals surface area contributed by atoms with Crippen molar-refractivity contribution in [2.75, 3.05) is 33.7 Å². The summed E-state index contributed by atoms with van der Waals surface area (Å²) in [5.41, 5.74) is 1.85. The van der Waals surface area contributed by atoms with E-state index in [0.717, 1.165) is 16.0 Å². The fraction of sp³-hybridized carbons (Fsp3) is 0.333. The number of rotatable bonds is 10. The highest BCUT2D eigenvalue weighted by molar-refractivity contribution is 8.00. The van der Waals surface area contributed by atoms with Crippen LogP contribution in [0.3, 0.4) is 0 Å². The lowest BCUT2D eigenvalue weighted by atomic mass is 10.1. The molecule has 2 aromatic rings. The summed E-state index contributed by atoms with van der Waals surface area (Å²) >= 11 is 1.38. The predicted molar refractivity (Wildman–Crippen MR) is 111 cm³/mol. The zero-order chi connectivity index (χ0) is 21.2. The molecular weight excluding hydrogens is 394 g/mol. The monoisotopic (exact) mass is 419 g/mol. The first-order chi connectivity index (χ1) is 14.0. The van der Waals surface area contributed by atoms with Crippen molar-refractivity contribution >= 4 is 23.6 Å². The quantitative estimate of drug-likeness (QED) is 0.468. The number of methoxy groups -OCH3 is 3. The first-order valence-corrected chi connectivity index (χ1v) is 9.86. The molecule has 7 nitrogen and oxygen atoms in total. The van der Waals surface area contributed by atoms with Gasteiger partial charge in [-0.2, -0.15) is 0 Å². The Morgan fingerprint density at radius 1 is 1.00 bits per heavy atom. The highest BCUT2D eigenvalue weighted by atomic mass is 32.2. The van der Waals surface area contributed by atoms with Crippen LogP contribution in [0.5, 0.6) is 17.2 Å². The van der Waals surface area contributed by atoms with Gasteiger partial charge < -0.3 is 24.3 Å². The first kappa shape index (κ1) is 22.4. The average Bonchev–Trinajstić information content (AvgIpc) is 2.74. The molecule has 0 radical (unpaired) electrons. The molecule has 1 N–H and O–H groups in total. The van der Waals surface area contributed by atoms with E-state index in [1.807, 2.05) is 31.2 Å². The second-order valence-electron chi connectivity index (χ2n) is 6.03. The van der Waals surface area contributed by atoms with E-state index in [1.165, 1.54) is 33.1 Å². The Balaban J connectivity index is 1.81. The van der Waals surface area contributed by atoms with Crippen LogP contribution in [0.15, 0.2) is 41.3 Å². The van der Waals surface area contributed by atoms with E-state index in [1.54, 1.807) is 12.1 Å². The van der Waals surface area contributed by atoms with Gasteiger partial charge in [-0.25, -0.2) is 0 Å². The van der Waals surface area contributed by atoms with Crippen LogP contribution in [0.25, 0.3) is 0 Å². The van der Waals surface area contributed by atoms with E-state index in [4.69, 9.17) is 18.9 Å². The number of nitrogens with one attached hydrogen (secondary N) is 1. The van der Waals surface area contributed by atoms with Crippen molar-refractivity contribution in [2.45, 2.75) is 18.4 Å². The molecule has 2 aromatic carbocycles. The minimum atomic E-state index is -0.443. The fourth-order valence-corrected chi connectivity index (χ4v) is 3.36. The molecule has 0 spiro atoms. The van der Waals surface area contributed by atoms with Crippen LogP contribution in [-0.2, 0) is 20.9 Å². The van der Waals surface area contributed by atoms with Gasteiger partial charge in [0.15, 0.2) is 18.1 Å². The topological polar surface area (TPSA) is 83.1 Å². The summed E-state index contributed by atoms with van der Waals surface area (Å²) in [4.78, 5) is 24.9. The Morgan fingerprint density at radius 3 is 2.24 bits per heavy atom. The Hall–Kier alpha value is -2.87. The molecule has 0 aliphatic rings. The summed E-state index contributed by atoms with van der Waals surface area (Å²) in [5, 5.41) is 2.70. The third-order valence-electron chi connectivity index (χ3n) is 4.02. The molecular formula is C21H25NO6S. The Kier molecular flexibility index (Phi) is 8.67. The molecule has 29 heavy (non-hydrogen) atoms. The molecule has 0 bridgehead atoms. The highest BCUT2D eigenvalue weighted by Crippen LogP contribution is 2.38. The van der Waals surface area contributed by atoms with Crippen LogP contribution in [0.2, 0.25) is 0 Å². The number of amides is 1. The number of ether oxygens (including phenoxy) is 4. The van der Waals surface area contributed by atoms with Crippen LogP contribution in [0, 0.1) is 6.92 Å². The Labute approximate surface area is 174 Å². The maximum Gasteiger partial charge on any atom is 0.316 e. The van der Waals surface area contributed by atoms with E-state index in [2.05, 4.69) is 5.32 Å². The lowest BCUT2D eigenvalue weighted by Gasteiger charge is -2.14. The van der Waals surface area contributed by atoms with Crippen LogP contribution in [0.1, 0.15) is 11.1 Å². The first-order valence-electron chi connectivity index (χ1n) is 8.88. The van der Waals surface area contributed by atoms with Gasteiger partial charge in [-0.3, -0.25) is 9.59 Å². The molecule has 156 valence electrons. The summed E-state index contributed by atoms with van der Waals surface area (Å²) in [5.74, 6) is 0.774. The normalized spacial score (nSPS) is 10.2. The summed E-state index contributed by atoms with van der Waals surface area (Å²) in [7, 11) is 4.57. The zero-order valence-corrected chi connectivity index (χ0v) is 17.8. The van der Waals surface area contributed by atoms with Gasteiger partial charge >= 0.3 is 5.97 Å². The van der Waals surface area contributed by atoms with Crippen molar-refractivity contribution < 1.29 is 28.5 Å². The summed E-state index contributed by atoms with van der Waals surface area (Å²) in [6, 6.07) is 11.3. The summed E-state index contributed by atoms with van der Waals surface area (Å²) < 4.78 is 20.9. The molecule has 1 amide bonds. The van der Waals surface area contributed by atoms with Crippen molar-refractivity contribution in [3.05, 3.63) is 47.5 Å². The molecule has 0 fully saturated rings. The molecule has 8 heteroatoms. The van der Waals surface area contributed by atoms with E-state index < -0.39 is 11.9 Å². The molecule has 0 saturated carbocycles. The minimum Gasteiger partial charge on any atom is -0.493 e. The number of aryl methyl sites for hydroxylation is 1. The number of hydrogen-bond acceptors (Lipinski definition) is 7. The number of hydrogen-bond donors (Lipinski definition) is 1. The standard InChI is InChI=1S/C21H25NO6S/c1-14-7-5-6-8-18(14)29-13-20(24)28-12-19(23)22-11-15-9-16(25-2)21(27-4)17(10-15)26-3/h5-10H,11-13H2,1-4H3,(H,22,23). The molecule has 2 rings (SSSR count).